The maximum absolute atomic E-state index is 5.73. The minimum atomic E-state index is 0.227. The first-order valence-corrected chi connectivity index (χ1v) is 6.50. The lowest BCUT2D eigenvalue weighted by Gasteiger charge is -2.24. The second-order valence-corrected chi connectivity index (χ2v) is 4.64. The summed E-state index contributed by atoms with van der Waals surface area (Å²) in [6.45, 7) is 4.86. The van der Waals surface area contributed by atoms with Gasteiger partial charge in [-0.2, -0.15) is 0 Å². The zero-order chi connectivity index (χ0) is 10.7. The summed E-state index contributed by atoms with van der Waals surface area (Å²) in [6.07, 6.45) is 2.34. The lowest BCUT2D eigenvalue weighted by Crippen LogP contribution is -2.33. The SMILES string of the molecule is CSc1cc(C2CNCCO2)ccc1C. The van der Waals surface area contributed by atoms with Gasteiger partial charge in [0.25, 0.3) is 0 Å². The van der Waals surface area contributed by atoms with Gasteiger partial charge in [0, 0.05) is 18.0 Å². The van der Waals surface area contributed by atoms with Crippen LogP contribution >= 0.6 is 11.8 Å². The first kappa shape index (κ1) is 11.0. The molecule has 1 aromatic rings. The third-order valence-electron chi connectivity index (χ3n) is 2.73. The zero-order valence-corrected chi connectivity index (χ0v) is 10.1. The molecule has 3 heteroatoms. The molecule has 82 valence electrons. The van der Waals surface area contributed by atoms with Crippen LogP contribution in [0.15, 0.2) is 23.1 Å². The summed E-state index contributed by atoms with van der Waals surface area (Å²) in [5.41, 5.74) is 2.63. The second kappa shape index (κ2) is 5.01. The molecule has 15 heavy (non-hydrogen) atoms. The van der Waals surface area contributed by atoms with Crippen LogP contribution in [0, 0.1) is 6.92 Å². The van der Waals surface area contributed by atoms with Crippen LogP contribution in [-0.2, 0) is 4.74 Å². The standard InChI is InChI=1S/C12H17NOS/c1-9-3-4-10(7-12(9)15-2)11-8-13-5-6-14-11/h3-4,7,11,13H,5-6,8H2,1-2H3. The molecule has 1 heterocycles. The number of ether oxygens (including phenoxy) is 1. The Balaban J connectivity index is 2.20. The van der Waals surface area contributed by atoms with Crippen molar-refractivity contribution in [3.8, 4) is 0 Å². The minimum absolute atomic E-state index is 0.227. The molecule has 0 amide bonds. The van der Waals surface area contributed by atoms with Crippen LogP contribution < -0.4 is 5.32 Å². The Morgan fingerprint density at radius 1 is 1.47 bits per heavy atom. The van der Waals surface area contributed by atoms with Crippen molar-refractivity contribution < 1.29 is 4.74 Å². The van der Waals surface area contributed by atoms with Gasteiger partial charge in [-0.1, -0.05) is 12.1 Å². The van der Waals surface area contributed by atoms with Gasteiger partial charge >= 0.3 is 0 Å². The van der Waals surface area contributed by atoms with Crippen LogP contribution in [-0.4, -0.2) is 26.0 Å². The van der Waals surface area contributed by atoms with Crippen LogP contribution in [0.25, 0.3) is 0 Å². The van der Waals surface area contributed by atoms with Crippen molar-refractivity contribution in [3.05, 3.63) is 29.3 Å². The van der Waals surface area contributed by atoms with E-state index in [1.54, 1.807) is 11.8 Å². The number of morpholine rings is 1. The molecule has 1 saturated heterocycles. The molecule has 0 spiro atoms. The molecule has 0 radical (unpaired) electrons. The van der Waals surface area contributed by atoms with Crippen molar-refractivity contribution >= 4 is 11.8 Å². The van der Waals surface area contributed by atoms with Crippen molar-refractivity contribution in [1.29, 1.82) is 0 Å². The molecule has 0 saturated carbocycles. The highest BCUT2D eigenvalue weighted by Crippen LogP contribution is 2.26. The molecule has 1 aliphatic heterocycles. The van der Waals surface area contributed by atoms with E-state index in [1.165, 1.54) is 16.0 Å². The van der Waals surface area contributed by atoms with Gasteiger partial charge in [-0.15, -0.1) is 11.8 Å². The average Bonchev–Trinajstić information content (AvgIpc) is 2.31. The largest absolute Gasteiger partial charge is 0.371 e. The first-order valence-electron chi connectivity index (χ1n) is 5.28. The molecule has 0 aromatic heterocycles. The van der Waals surface area contributed by atoms with Gasteiger partial charge < -0.3 is 10.1 Å². The maximum Gasteiger partial charge on any atom is 0.0950 e. The summed E-state index contributed by atoms with van der Waals surface area (Å²) in [5.74, 6) is 0. The quantitative estimate of drug-likeness (QED) is 0.778. The van der Waals surface area contributed by atoms with Crippen molar-refractivity contribution in [3.63, 3.8) is 0 Å². The van der Waals surface area contributed by atoms with Crippen LogP contribution in [0.1, 0.15) is 17.2 Å². The summed E-state index contributed by atoms with van der Waals surface area (Å²) < 4.78 is 5.73. The van der Waals surface area contributed by atoms with E-state index in [0.717, 1.165) is 19.7 Å². The fourth-order valence-corrected chi connectivity index (χ4v) is 2.46. The molecule has 0 bridgehead atoms. The highest BCUT2D eigenvalue weighted by atomic mass is 32.2. The van der Waals surface area contributed by atoms with Crippen molar-refractivity contribution in [1.82, 2.24) is 5.32 Å². The summed E-state index contributed by atoms with van der Waals surface area (Å²) in [6, 6.07) is 6.60. The van der Waals surface area contributed by atoms with Crippen LogP contribution in [0.2, 0.25) is 0 Å². The number of hydrogen-bond donors (Lipinski definition) is 1. The molecular formula is C12H17NOS. The lowest BCUT2D eigenvalue weighted by molar-refractivity contribution is 0.0276. The Kier molecular flexibility index (Phi) is 3.67. The summed E-state index contributed by atoms with van der Waals surface area (Å²) >= 11 is 1.80. The van der Waals surface area contributed by atoms with E-state index in [4.69, 9.17) is 4.74 Å². The smallest absolute Gasteiger partial charge is 0.0950 e. The number of hydrogen-bond acceptors (Lipinski definition) is 3. The molecule has 1 fully saturated rings. The number of aryl methyl sites for hydroxylation is 1. The fraction of sp³-hybridized carbons (Fsp3) is 0.500. The fourth-order valence-electron chi connectivity index (χ4n) is 1.82. The van der Waals surface area contributed by atoms with E-state index in [1.807, 2.05) is 0 Å². The summed E-state index contributed by atoms with van der Waals surface area (Å²) in [4.78, 5) is 1.35. The molecule has 2 rings (SSSR count). The van der Waals surface area contributed by atoms with E-state index in [2.05, 4.69) is 36.7 Å². The Hall–Kier alpha value is -0.510. The molecule has 1 N–H and O–H groups in total. The predicted molar refractivity (Wildman–Crippen MR) is 64.5 cm³/mol. The van der Waals surface area contributed by atoms with Gasteiger partial charge in [0.1, 0.15) is 0 Å². The molecular weight excluding hydrogens is 206 g/mol. The predicted octanol–water partition coefficient (Wildman–Crippen LogP) is 2.38. The average molecular weight is 223 g/mol. The van der Waals surface area contributed by atoms with E-state index in [9.17, 15) is 0 Å². The van der Waals surface area contributed by atoms with Crippen molar-refractivity contribution in [2.45, 2.75) is 17.9 Å². The lowest BCUT2D eigenvalue weighted by atomic mass is 10.1. The van der Waals surface area contributed by atoms with Gasteiger partial charge in [-0.3, -0.25) is 0 Å². The number of benzene rings is 1. The Labute approximate surface area is 95.4 Å². The Morgan fingerprint density at radius 2 is 2.33 bits per heavy atom. The maximum atomic E-state index is 5.73. The Bertz CT molecular complexity index is 334. The number of thioether (sulfide) groups is 1. The summed E-state index contributed by atoms with van der Waals surface area (Å²) in [7, 11) is 0. The summed E-state index contributed by atoms with van der Waals surface area (Å²) in [5, 5.41) is 3.35. The van der Waals surface area contributed by atoms with Crippen molar-refractivity contribution in [2.75, 3.05) is 26.0 Å². The molecule has 1 aliphatic rings. The molecule has 2 nitrogen and oxygen atoms in total. The molecule has 1 atom stereocenters. The van der Waals surface area contributed by atoms with Gasteiger partial charge in [0.15, 0.2) is 0 Å². The highest BCUT2D eigenvalue weighted by Gasteiger charge is 2.16. The third kappa shape index (κ3) is 2.54. The number of rotatable bonds is 2. The highest BCUT2D eigenvalue weighted by molar-refractivity contribution is 7.98. The monoisotopic (exact) mass is 223 g/mol. The Morgan fingerprint density at radius 3 is 3.00 bits per heavy atom. The van der Waals surface area contributed by atoms with Gasteiger partial charge in [-0.25, -0.2) is 0 Å². The van der Waals surface area contributed by atoms with Gasteiger partial charge in [0.05, 0.1) is 12.7 Å². The van der Waals surface area contributed by atoms with E-state index >= 15 is 0 Å². The van der Waals surface area contributed by atoms with Crippen LogP contribution in [0.5, 0.6) is 0 Å². The van der Waals surface area contributed by atoms with Gasteiger partial charge in [-0.05, 0) is 30.4 Å². The van der Waals surface area contributed by atoms with Crippen molar-refractivity contribution in [2.24, 2.45) is 0 Å². The zero-order valence-electron chi connectivity index (χ0n) is 9.25. The molecule has 1 unspecified atom stereocenters. The second-order valence-electron chi connectivity index (χ2n) is 3.79. The topological polar surface area (TPSA) is 21.3 Å². The van der Waals surface area contributed by atoms with Crippen LogP contribution in [0.3, 0.4) is 0 Å². The first-order chi connectivity index (χ1) is 7.31. The normalized spacial score (nSPS) is 21.6. The van der Waals surface area contributed by atoms with E-state index in [0.29, 0.717) is 0 Å². The number of nitrogens with one attached hydrogen (secondary N) is 1. The van der Waals surface area contributed by atoms with Gasteiger partial charge in [0.2, 0.25) is 0 Å². The van der Waals surface area contributed by atoms with Crippen LogP contribution in [0.4, 0.5) is 0 Å². The molecule has 1 aromatic carbocycles. The van der Waals surface area contributed by atoms with E-state index in [-0.39, 0.29) is 6.10 Å². The molecule has 0 aliphatic carbocycles. The minimum Gasteiger partial charge on any atom is -0.371 e. The van der Waals surface area contributed by atoms with E-state index < -0.39 is 0 Å². The third-order valence-corrected chi connectivity index (χ3v) is 3.61.